The predicted octanol–water partition coefficient (Wildman–Crippen LogP) is 1.24. The van der Waals surface area contributed by atoms with Crippen molar-refractivity contribution in [2.75, 3.05) is 0 Å². The lowest BCUT2D eigenvalue weighted by Crippen LogP contribution is -2.52. The molecule has 22 heavy (non-hydrogen) atoms. The summed E-state index contributed by atoms with van der Waals surface area (Å²) in [5, 5.41) is 19.8. The third-order valence-corrected chi connectivity index (χ3v) is 3.89. The number of hydrogen-bond acceptors (Lipinski definition) is 5. The maximum absolute atomic E-state index is 12.1. The zero-order valence-electron chi connectivity index (χ0n) is 12.2. The van der Waals surface area contributed by atoms with Gasteiger partial charge in [-0.3, -0.25) is 9.36 Å². The molecule has 0 saturated heterocycles. The van der Waals surface area contributed by atoms with Crippen LogP contribution in [0, 0.1) is 11.3 Å². The largest absolute Gasteiger partial charge is 0.485 e. The molecule has 6 heteroatoms. The molecule has 3 rings (SSSR count). The number of aliphatic hydroxyl groups is 1. The first-order chi connectivity index (χ1) is 10.4. The van der Waals surface area contributed by atoms with Gasteiger partial charge in [-0.1, -0.05) is 0 Å². The number of nitrogens with zero attached hydrogens (tertiary/aromatic N) is 3. The van der Waals surface area contributed by atoms with Gasteiger partial charge in [0, 0.05) is 17.8 Å². The van der Waals surface area contributed by atoms with Gasteiger partial charge in [-0.25, -0.2) is 4.98 Å². The first-order valence-electron chi connectivity index (χ1n) is 6.87. The number of ether oxygens (including phenoxy) is 1. The number of aromatic nitrogens is 2. The Morgan fingerprint density at radius 1 is 1.41 bits per heavy atom. The number of aliphatic hydroxyl groups excluding tert-OH is 1. The molecule has 2 atom stereocenters. The summed E-state index contributed by atoms with van der Waals surface area (Å²) in [5.74, 6) is 0.551. The SMILES string of the molecule is CC1(C)Oc2ccc(C#N)cc2C(n2cnccc2=O)[C@@H]1O. The highest BCUT2D eigenvalue weighted by atomic mass is 16.5. The Morgan fingerprint density at radius 2 is 2.18 bits per heavy atom. The van der Waals surface area contributed by atoms with Crippen molar-refractivity contribution < 1.29 is 9.84 Å². The van der Waals surface area contributed by atoms with Crippen molar-refractivity contribution in [3.05, 3.63) is 58.3 Å². The van der Waals surface area contributed by atoms with Gasteiger partial charge in [0.1, 0.15) is 17.5 Å². The fourth-order valence-electron chi connectivity index (χ4n) is 2.71. The van der Waals surface area contributed by atoms with Gasteiger partial charge in [0.25, 0.3) is 5.56 Å². The first kappa shape index (κ1) is 14.3. The highest BCUT2D eigenvalue weighted by Crippen LogP contribution is 2.41. The Morgan fingerprint density at radius 3 is 2.86 bits per heavy atom. The molecule has 0 spiro atoms. The third-order valence-electron chi connectivity index (χ3n) is 3.89. The molecule has 0 radical (unpaired) electrons. The van der Waals surface area contributed by atoms with Crippen molar-refractivity contribution >= 4 is 0 Å². The third kappa shape index (κ3) is 2.16. The van der Waals surface area contributed by atoms with E-state index in [1.54, 1.807) is 32.0 Å². The molecule has 0 aliphatic carbocycles. The normalized spacial score (nSPS) is 22.3. The summed E-state index contributed by atoms with van der Waals surface area (Å²) in [6, 6.07) is 7.71. The van der Waals surface area contributed by atoms with Gasteiger partial charge in [0.15, 0.2) is 0 Å². The van der Waals surface area contributed by atoms with Crippen molar-refractivity contribution in [2.24, 2.45) is 0 Å². The van der Waals surface area contributed by atoms with E-state index in [9.17, 15) is 9.90 Å². The minimum Gasteiger partial charge on any atom is -0.485 e. The summed E-state index contributed by atoms with van der Waals surface area (Å²) in [7, 11) is 0. The first-order valence-corrected chi connectivity index (χ1v) is 6.87. The molecule has 1 N–H and O–H groups in total. The van der Waals surface area contributed by atoms with Crippen LogP contribution in [0.15, 0.2) is 41.6 Å². The molecule has 1 aromatic heterocycles. The highest BCUT2D eigenvalue weighted by molar-refractivity contribution is 5.46. The topological polar surface area (TPSA) is 88.1 Å². The minimum absolute atomic E-state index is 0.273. The molecule has 1 aliphatic heterocycles. The van der Waals surface area contributed by atoms with Crippen molar-refractivity contribution in [3.63, 3.8) is 0 Å². The fraction of sp³-hybridized carbons (Fsp3) is 0.312. The summed E-state index contributed by atoms with van der Waals surface area (Å²) in [4.78, 5) is 16.1. The van der Waals surface area contributed by atoms with Gasteiger partial charge >= 0.3 is 0 Å². The van der Waals surface area contributed by atoms with E-state index in [0.29, 0.717) is 16.9 Å². The van der Waals surface area contributed by atoms with Crippen LogP contribution in [0.3, 0.4) is 0 Å². The van der Waals surface area contributed by atoms with Crippen LogP contribution in [-0.4, -0.2) is 26.4 Å². The maximum Gasteiger partial charge on any atom is 0.253 e. The van der Waals surface area contributed by atoms with E-state index >= 15 is 0 Å². The summed E-state index contributed by atoms with van der Waals surface area (Å²) in [6.07, 6.45) is 1.83. The summed E-state index contributed by atoms with van der Waals surface area (Å²) < 4.78 is 7.20. The van der Waals surface area contributed by atoms with E-state index < -0.39 is 17.7 Å². The number of benzene rings is 1. The molecule has 2 heterocycles. The molecule has 6 nitrogen and oxygen atoms in total. The smallest absolute Gasteiger partial charge is 0.253 e. The van der Waals surface area contributed by atoms with Crippen LogP contribution >= 0.6 is 0 Å². The molecule has 112 valence electrons. The van der Waals surface area contributed by atoms with Crippen LogP contribution in [0.2, 0.25) is 0 Å². The molecule has 0 fully saturated rings. The van der Waals surface area contributed by atoms with Crippen molar-refractivity contribution in [1.29, 1.82) is 5.26 Å². The van der Waals surface area contributed by atoms with Crippen LogP contribution in [0.25, 0.3) is 0 Å². The Balaban J connectivity index is 2.26. The maximum atomic E-state index is 12.1. The zero-order chi connectivity index (χ0) is 15.9. The fourth-order valence-corrected chi connectivity index (χ4v) is 2.71. The average molecular weight is 297 g/mol. The van der Waals surface area contributed by atoms with Crippen LogP contribution in [0.4, 0.5) is 0 Å². The van der Waals surface area contributed by atoms with E-state index in [-0.39, 0.29) is 5.56 Å². The standard InChI is InChI=1S/C16H15N3O3/c1-16(2)15(21)14(19-9-18-6-5-13(19)20)11-7-10(8-17)3-4-12(11)22-16/h3-7,9,14-15,21H,1-2H3/t14?,15-/m0/s1. The Kier molecular flexibility index (Phi) is 3.23. The van der Waals surface area contributed by atoms with Crippen LogP contribution in [0.5, 0.6) is 5.75 Å². The van der Waals surface area contributed by atoms with E-state index in [4.69, 9.17) is 10.00 Å². The second-order valence-corrected chi connectivity index (χ2v) is 5.79. The summed E-state index contributed by atoms with van der Waals surface area (Å²) in [6.45, 7) is 3.51. The monoisotopic (exact) mass is 297 g/mol. The lowest BCUT2D eigenvalue weighted by Gasteiger charge is -2.42. The van der Waals surface area contributed by atoms with Crippen LogP contribution in [0.1, 0.15) is 31.0 Å². The number of rotatable bonds is 1. The zero-order valence-corrected chi connectivity index (χ0v) is 12.2. The average Bonchev–Trinajstić information content (AvgIpc) is 2.49. The number of fused-ring (bicyclic) bond motifs is 1. The molecular weight excluding hydrogens is 282 g/mol. The van der Waals surface area contributed by atoms with Gasteiger partial charge in [0.05, 0.1) is 24.0 Å². The van der Waals surface area contributed by atoms with Crippen molar-refractivity contribution in [2.45, 2.75) is 31.6 Å². The van der Waals surface area contributed by atoms with Crippen LogP contribution in [-0.2, 0) is 0 Å². The van der Waals surface area contributed by atoms with Crippen molar-refractivity contribution in [1.82, 2.24) is 9.55 Å². The van der Waals surface area contributed by atoms with Gasteiger partial charge in [-0.05, 0) is 32.0 Å². The summed E-state index contributed by atoms with van der Waals surface area (Å²) >= 11 is 0. The Labute approximate surface area is 127 Å². The molecule has 0 bridgehead atoms. The van der Waals surface area contributed by atoms with Crippen LogP contribution < -0.4 is 10.3 Å². The molecule has 1 unspecified atom stereocenters. The molecule has 2 aromatic rings. The van der Waals surface area contributed by atoms with E-state index in [2.05, 4.69) is 11.1 Å². The van der Waals surface area contributed by atoms with Gasteiger partial charge in [-0.15, -0.1) is 0 Å². The van der Waals surface area contributed by atoms with Crippen molar-refractivity contribution in [3.8, 4) is 11.8 Å². The lowest BCUT2D eigenvalue weighted by atomic mass is 9.85. The van der Waals surface area contributed by atoms with E-state index in [1.807, 2.05) is 0 Å². The number of hydrogen-bond donors (Lipinski definition) is 1. The Bertz CT molecular complexity index is 820. The molecule has 0 amide bonds. The van der Waals surface area contributed by atoms with E-state index in [0.717, 1.165) is 0 Å². The molecule has 1 aromatic carbocycles. The molecule has 0 saturated carbocycles. The predicted molar refractivity (Wildman–Crippen MR) is 78.5 cm³/mol. The number of nitriles is 1. The summed E-state index contributed by atoms with van der Waals surface area (Å²) in [5.41, 5.74) is -0.108. The van der Waals surface area contributed by atoms with Gasteiger partial charge in [-0.2, -0.15) is 5.26 Å². The quantitative estimate of drug-likeness (QED) is 0.855. The molecular formula is C16H15N3O3. The van der Waals surface area contributed by atoms with E-state index in [1.165, 1.54) is 23.2 Å². The minimum atomic E-state index is -0.962. The second kappa shape index (κ2) is 4.97. The second-order valence-electron chi connectivity index (χ2n) is 5.79. The Hall–Kier alpha value is -2.65. The lowest BCUT2D eigenvalue weighted by molar-refractivity contribution is -0.0644. The highest BCUT2D eigenvalue weighted by Gasteiger charge is 2.44. The van der Waals surface area contributed by atoms with Gasteiger partial charge in [0.2, 0.25) is 0 Å². The van der Waals surface area contributed by atoms with Gasteiger partial charge < -0.3 is 9.84 Å². The molecule has 1 aliphatic rings.